The van der Waals surface area contributed by atoms with Gasteiger partial charge < -0.3 is 10.1 Å². The van der Waals surface area contributed by atoms with Crippen LogP contribution in [0.3, 0.4) is 0 Å². The van der Waals surface area contributed by atoms with E-state index in [1.807, 2.05) is 31.2 Å². The number of aryl methyl sites for hydroxylation is 1. The van der Waals surface area contributed by atoms with E-state index in [1.54, 1.807) is 6.07 Å². The van der Waals surface area contributed by atoms with E-state index in [2.05, 4.69) is 19.2 Å². The number of halogens is 1. The van der Waals surface area contributed by atoms with Crippen molar-refractivity contribution in [1.82, 2.24) is 5.32 Å². The molecule has 0 aliphatic rings. The first-order chi connectivity index (χ1) is 9.56. The van der Waals surface area contributed by atoms with E-state index < -0.39 is 0 Å². The van der Waals surface area contributed by atoms with Gasteiger partial charge in [0.15, 0.2) is 0 Å². The maximum absolute atomic E-state index is 13.4. The SMILES string of the molecule is Cc1ccccc1Oc1ccc(F)cc1CNC(C)C. The highest BCUT2D eigenvalue weighted by Gasteiger charge is 2.08. The first-order valence-corrected chi connectivity index (χ1v) is 6.81. The van der Waals surface area contributed by atoms with Gasteiger partial charge in [-0.1, -0.05) is 32.0 Å². The van der Waals surface area contributed by atoms with Crippen LogP contribution in [0.15, 0.2) is 42.5 Å². The summed E-state index contributed by atoms with van der Waals surface area (Å²) in [5, 5.41) is 3.28. The third kappa shape index (κ3) is 3.81. The molecular weight excluding hydrogens is 253 g/mol. The van der Waals surface area contributed by atoms with Crippen LogP contribution in [0, 0.1) is 12.7 Å². The van der Waals surface area contributed by atoms with Gasteiger partial charge in [0.05, 0.1) is 0 Å². The van der Waals surface area contributed by atoms with Crippen LogP contribution in [0.2, 0.25) is 0 Å². The number of rotatable bonds is 5. The van der Waals surface area contributed by atoms with E-state index in [0.29, 0.717) is 18.3 Å². The molecule has 2 aromatic carbocycles. The molecule has 0 radical (unpaired) electrons. The molecule has 2 rings (SSSR count). The molecule has 0 aromatic heterocycles. The van der Waals surface area contributed by atoms with Crippen LogP contribution in [-0.2, 0) is 6.54 Å². The summed E-state index contributed by atoms with van der Waals surface area (Å²) in [4.78, 5) is 0. The largest absolute Gasteiger partial charge is 0.457 e. The molecule has 0 amide bonds. The van der Waals surface area contributed by atoms with E-state index >= 15 is 0 Å². The molecule has 0 saturated carbocycles. The van der Waals surface area contributed by atoms with Gasteiger partial charge in [-0.25, -0.2) is 4.39 Å². The van der Waals surface area contributed by atoms with Crippen LogP contribution in [0.4, 0.5) is 4.39 Å². The second-order valence-electron chi connectivity index (χ2n) is 5.16. The summed E-state index contributed by atoms with van der Waals surface area (Å²) < 4.78 is 19.3. The minimum Gasteiger partial charge on any atom is -0.457 e. The summed E-state index contributed by atoms with van der Waals surface area (Å²) in [5.74, 6) is 1.24. The van der Waals surface area contributed by atoms with Crippen molar-refractivity contribution in [1.29, 1.82) is 0 Å². The monoisotopic (exact) mass is 273 g/mol. The Bertz CT molecular complexity index is 581. The van der Waals surface area contributed by atoms with Gasteiger partial charge in [-0.05, 0) is 36.8 Å². The first kappa shape index (κ1) is 14.5. The van der Waals surface area contributed by atoms with Crippen molar-refractivity contribution in [3.63, 3.8) is 0 Å². The molecular formula is C17H20FNO. The molecule has 0 spiro atoms. The zero-order valence-electron chi connectivity index (χ0n) is 12.1. The van der Waals surface area contributed by atoms with Gasteiger partial charge in [-0.2, -0.15) is 0 Å². The molecule has 20 heavy (non-hydrogen) atoms. The fourth-order valence-electron chi connectivity index (χ4n) is 1.89. The van der Waals surface area contributed by atoms with E-state index in [1.165, 1.54) is 12.1 Å². The Hall–Kier alpha value is -1.87. The molecule has 0 aliphatic carbocycles. The lowest BCUT2D eigenvalue weighted by molar-refractivity contribution is 0.463. The zero-order valence-corrected chi connectivity index (χ0v) is 12.1. The third-order valence-electron chi connectivity index (χ3n) is 3.04. The second-order valence-corrected chi connectivity index (χ2v) is 5.16. The highest BCUT2D eigenvalue weighted by molar-refractivity contribution is 5.41. The van der Waals surface area contributed by atoms with Crippen molar-refractivity contribution >= 4 is 0 Å². The normalized spacial score (nSPS) is 10.8. The first-order valence-electron chi connectivity index (χ1n) is 6.81. The van der Waals surface area contributed by atoms with Crippen molar-refractivity contribution in [3.05, 3.63) is 59.4 Å². The number of ether oxygens (including phenoxy) is 1. The third-order valence-corrected chi connectivity index (χ3v) is 3.04. The van der Waals surface area contributed by atoms with Crippen LogP contribution >= 0.6 is 0 Å². The maximum atomic E-state index is 13.4. The number of hydrogen-bond acceptors (Lipinski definition) is 2. The van der Waals surface area contributed by atoms with Gasteiger partial charge in [-0.15, -0.1) is 0 Å². The van der Waals surface area contributed by atoms with Gasteiger partial charge >= 0.3 is 0 Å². The lowest BCUT2D eigenvalue weighted by Crippen LogP contribution is -2.22. The Kier molecular flexibility index (Phi) is 4.74. The maximum Gasteiger partial charge on any atom is 0.132 e. The molecule has 3 heteroatoms. The number of para-hydroxylation sites is 1. The topological polar surface area (TPSA) is 21.3 Å². The Morgan fingerprint density at radius 2 is 1.85 bits per heavy atom. The van der Waals surface area contributed by atoms with Crippen LogP contribution in [0.1, 0.15) is 25.0 Å². The highest BCUT2D eigenvalue weighted by atomic mass is 19.1. The Morgan fingerprint density at radius 1 is 1.10 bits per heavy atom. The standard InChI is InChI=1S/C17H20FNO/c1-12(2)19-11-14-10-15(18)8-9-17(14)20-16-7-5-4-6-13(16)3/h4-10,12,19H,11H2,1-3H3. The van der Waals surface area contributed by atoms with Crippen LogP contribution in [0.5, 0.6) is 11.5 Å². The van der Waals surface area contributed by atoms with Crippen molar-refractivity contribution in [2.75, 3.05) is 0 Å². The number of hydrogen-bond donors (Lipinski definition) is 1. The van der Waals surface area contributed by atoms with Gasteiger partial charge in [0.2, 0.25) is 0 Å². The van der Waals surface area contributed by atoms with Gasteiger partial charge in [-0.3, -0.25) is 0 Å². The molecule has 0 unspecified atom stereocenters. The van der Waals surface area contributed by atoms with Crippen molar-refractivity contribution in [2.24, 2.45) is 0 Å². The summed E-state index contributed by atoms with van der Waals surface area (Å²) in [5.41, 5.74) is 1.88. The lowest BCUT2D eigenvalue weighted by Gasteiger charge is -2.14. The van der Waals surface area contributed by atoms with E-state index in [4.69, 9.17) is 4.74 Å². The minimum atomic E-state index is -0.248. The fraction of sp³-hybridized carbons (Fsp3) is 0.294. The van der Waals surface area contributed by atoms with Gasteiger partial charge in [0, 0.05) is 18.2 Å². The van der Waals surface area contributed by atoms with Crippen LogP contribution in [0.25, 0.3) is 0 Å². The molecule has 0 fully saturated rings. The number of benzene rings is 2. The van der Waals surface area contributed by atoms with Crippen LogP contribution in [-0.4, -0.2) is 6.04 Å². The molecule has 2 aromatic rings. The molecule has 1 N–H and O–H groups in total. The summed E-state index contributed by atoms with van der Waals surface area (Å²) in [7, 11) is 0. The average molecular weight is 273 g/mol. The van der Waals surface area contributed by atoms with E-state index in [0.717, 1.165) is 16.9 Å². The molecule has 106 valence electrons. The summed E-state index contributed by atoms with van der Waals surface area (Å²) in [6.07, 6.45) is 0. The van der Waals surface area contributed by atoms with Crippen molar-refractivity contribution in [2.45, 2.75) is 33.4 Å². The summed E-state index contributed by atoms with van der Waals surface area (Å²) in [6.45, 7) is 6.68. The Morgan fingerprint density at radius 3 is 2.55 bits per heavy atom. The zero-order chi connectivity index (χ0) is 14.5. The molecule has 0 bridgehead atoms. The quantitative estimate of drug-likeness (QED) is 0.870. The Balaban J connectivity index is 2.24. The average Bonchev–Trinajstić information content (AvgIpc) is 2.41. The highest BCUT2D eigenvalue weighted by Crippen LogP contribution is 2.28. The lowest BCUT2D eigenvalue weighted by atomic mass is 10.1. The minimum absolute atomic E-state index is 0.248. The molecule has 2 nitrogen and oxygen atoms in total. The summed E-state index contributed by atoms with van der Waals surface area (Å²) >= 11 is 0. The van der Waals surface area contributed by atoms with Gasteiger partial charge in [0.25, 0.3) is 0 Å². The summed E-state index contributed by atoms with van der Waals surface area (Å²) in [6, 6.07) is 12.8. The van der Waals surface area contributed by atoms with E-state index in [-0.39, 0.29) is 5.82 Å². The second kappa shape index (κ2) is 6.53. The van der Waals surface area contributed by atoms with Crippen molar-refractivity contribution in [3.8, 4) is 11.5 Å². The molecule has 0 saturated heterocycles. The fourth-order valence-corrected chi connectivity index (χ4v) is 1.89. The van der Waals surface area contributed by atoms with Gasteiger partial charge in [0.1, 0.15) is 17.3 Å². The molecule has 0 aliphatic heterocycles. The molecule has 0 heterocycles. The smallest absolute Gasteiger partial charge is 0.132 e. The Labute approximate surface area is 119 Å². The number of nitrogens with one attached hydrogen (secondary N) is 1. The molecule has 0 atom stereocenters. The predicted octanol–water partition coefficient (Wildman–Crippen LogP) is 4.42. The van der Waals surface area contributed by atoms with E-state index in [9.17, 15) is 4.39 Å². The van der Waals surface area contributed by atoms with Crippen LogP contribution < -0.4 is 10.1 Å². The predicted molar refractivity (Wildman–Crippen MR) is 79.6 cm³/mol. The van der Waals surface area contributed by atoms with Crippen molar-refractivity contribution < 1.29 is 9.13 Å².